The number of hydrogen-bond donors (Lipinski definition) is 4. The van der Waals surface area contributed by atoms with E-state index in [-0.39, 0.29) is 12.6 Å². The number of thioether (sulfide) groups is 1. The summed E-state index contributed by atoms with van der Waals surface area (Å²) < 4.78 is 41.4. The quantitative estimate of drug-likeness (QED) is 0.0955. The van der Waals surface area contributed by atoms with Crippen LogP contribution in [-0.2, 0) is 28.7 Å². The lowest BCUT2D eigenvalue weighted by Crippen LogP contribution is -2.51. The molecule has 0 aliphatic carbocycles. The van der Waals surface area contributed by atoms with Gasteiger partial charge in [0.2, 0.25) is 5.91 Å². The number of unbranched alkanes of at least 4 members (excludes halogenated alkanes) is 12. The zero-order chi connectivity index (χ0) is 31.5. The van der Waals surface area contributed by atoms with Gasteiger partial charge in [-0.05, 0) is 6.42 Å². The summed E-state index contributed by atoms with van der Waals surface area (Å²) in [6, 6.07) is -1.97. The van der Waals surface area contributed by atoms with Gasteiger partial charge in [0.25, 0.3) is 0 Å². The van der Waals surface area contributed by atoms with Crippen molar-refractivity contribution in [1.82, 2.24) is 5.32 Å². The van der Waals surface area contributed by atoms with Crippen LogP contribution in [0.25, 0.3) is 0 Å². The molecule has 0 saturated carbocycles. The lowest BCUT2D eigenvalue weighted by molar-refractivity contribution is -0.192. The average Bonchev–Trinajstić information content (AvgIpc) is 2.93. The van der Waals surface area contributed by atoms with Gasteiger partial charge in [-0.1, -0.05) is 84.0 Å². The Hall–Kier alpha value is -2.06. The number of carboxylic acids is 1. The third-order valence-corrected chi connectivity index (χ3v) is 6.89. The third kappa shape index (κ3) is 26.6. The van der Waals surface area contributed by atoms with E-state index in [9.17, 15) is 27.6 Å². The average molecular weight is 619 g/mol. The van der Waals surface area contributed by atoms with Crippen molar-refractivity contribution in [3.63, 3.8) is 0 Å². The molecule has 41 heavy (non-hydrogen) atoms. The summed E-state index contributed by atoms with van der Waals surface area (Å²) >= 11 is 1.39. The van der Waals surface area contributed by atoms with Gasteiger partial charge >= 0.3 is 24.1 Å². The number of aliphatic carboxylic acids is 1. The van der Waals surface area contributed by atoms with Crippen molar-refractivity contribution in [1.29, 1.82) is 0 Å². The first-order valence-electron chi connectivity index (χ1n) is 14.2. The molecule has 0 aromatic heterocycles. The second-order valence-corrected chi connectivity index (χ2v) is 10.6. The molecule has 1 amide bonds. The number of aliphatic hydroxyl groups is 1. The van der Waals surface area contributed by atoms with Crippen LogP contribution in [0.4, 0.5) is 13.2 Å². The molecule has 0 aromatic carbocycles. The Morgan fingerprint density at radius 3 is 1.78 bits per heavy atom. The van der Waals surface area contributed by atoms with Gasteiger partial charge in [-0.15, -0.1) is 0 Å². The molecular weight excluding hydrogens is 569 g/mol. The number of rotatable bonds is 23. The van der Waals surface area contributed by atoms with Gasteiger partial charge in [-0.2, -0.15) is 24.9 Å². The Kier molecular flexibility index (Phi) is 26.9. The van der Waals surface area contributed by atoms with E-state index in [0.717, 1.165) is 12.8 Å². The van der Waals surface area contributed by atoms with E-state index in [1.165, 1.54) is 89.5 Å². The van der Waals surface area contributed by atoms with E-state index in [2.05, 4.69) is 17.0 Å². The van der Waals surface area contributed by atoms with Crippen LogP contribution in [0.1, 0.15) is 96.8 Å². The molecule has 14 heteroatoms. The predicted octanol–water partition coefficient (Wildman–Crippen LogP) is 4.35. The first-order valence-corrected chi connectivity index (χ1v) is 15.3. The fourth-order valence-electron chi connectivity index (χ4n) is 3.46. The van der Waals surface area contributed by atoms with Gasteiger partial charge in [0.15, 0.2) is 6.04 Å². The second-order valence-electron chi connectivity index (χ2n) is 9.46. The number of aliphatic hydroxyl groups excluding tert-OH is 1. The number of nitrogens with one attached hydrogen (secondary N) is 1. The fraction of sp³-hybridized carbons (Fsp3) is 0.852. The Morgan fingerprint density at radius 2 is 1.37 bits per heavy atom. The summed E-state index contributed by atoms with van der Waals surface area (Å²) in [7, 11) is 1.17. The summed E-state index contributed by atoms with van der Waals surface area (Å²) in [4.78, 5) is 44.0. The van der Waals surface area contributed by atoms with Crippen molar-refractivity contribution in [2.75, 3.05) is 31.8 Å². The van der Waals surface area contributed by atoms with Gasteiger partial charge in [0, 0.05) is 17.9 Å². The maximum Gasteiger partial charge on any atom is 0.490 e. The zero-order valence-corrected chi connectivity index (χ0v) is 25.2. The summed E-state index contributed by atoms with van der Waals surface area (Å²) in [5.41, 5.74) is 5.79. The predicted molar refractivity (Wildman–Crippen MR) is 151 cm³/mol. The minimum absolute atomic E-state index is 0.186. The SMILES string of the molecule is CCCCCCCCCCCCCCCC(=O)OCCSC[C@H](N)C(=O)N[C@@H](CO)C(=O)OC.O=C(O)C(F)(F)F. The largest absolute Gasteiger partial charge is 0.490 e. The molecule has 0 radical (unpaired) electrons. The third-order valence-electron chi connectivity index (χ3n) is 5.84. The number of carboxylic acid groups (broad SMARTS) is 1. The van der Waals surface area contributed by atoms with Gasteiger partial charge in [-0.3, -0.25) is 9.59 Å². The first-order chi connectivity index (χ1) is 19.4. The van der Waals surface area contributed by atoms with E-state index < -0.39 is 42.7 Å². The summed E-state index contributed by atoms with van der Waals surface area (Å²) in [6.07, 6.45) is 11.9. The zero-order valence-electron chi connectivity index (χ0n) is 24.3. The number of hydrogen-bond acceptors (Lipinski definition) is 9. The minimum Gasteiger partial charge on any atom is -0.475 e. The molecule has 0 aliphatic rings. The molecule has 10 nitrogen and oxygen atoms in total. The molecule has 0 fully saturated rings. The van der Waals surface area contributed by atoms with Crippen molar-refractivity contribution >= 4 is 35.6 Å². The van der Waals surface area contributed by atoms with Gasteiger partial charge in [0.05, 0.1) is 19.8 Å². The summed E-state index contributed by atoms with van der Waals surface area (Å²) in [5, 5.41) is 18.6. The number of amides is 1. The molecular formula is C27H49F3N2O8S. The van der Waals surface area contributed by atoms with E-state index in [1.807, 2.05) is 0 Å². The van der Waals surface area contributed by atoms with Crippen LogP contribution in [0.15, 0.2) is 0 Å². The highest BCUT2D eigenvalue weighted by atomic mass is 32.2. The molecule has 0 heterocycles. The van der Waals surface area contributed by atoms with Crippen LogP contribution in [0.3, 0.4) is 0 Å². The molecule has 2 atom stereocenters. The van der Waals surface area contributed by atoms with E-state index in [4.69, 9.17) is 25.5 Å². The Labute approximate surface area is 245 Å². The smallest absolute Gasteiger partial charge is 0.475 e. The number of methoxy groups -OCH3 is 1. The molecule has 242 valence electrons. The van der Waals surface area contributed by atoms with Crippen LogP contribution in [0.5, 0.6) is 0 Å². The minimum atomic E-state index is -5.08. The molecule has 0 aliphatic heterocycles. The van der Waals surface area contributed by atoms with Gasteiger partial charge in [-0.25, -0.2) is 9.59 Å². The topological polar surface area (TPSA) is 165 Å². The highest BCUT2D eigenvalue weighted by molar-refractivity contribution is 7.99. The maximum absolute atomic E-state index is 12.0. The molecule has 0 spiro atoms. The number of alkyl halides is 3. The van der Waals surface area contributed by atoms with Crippen molar-refractivity contribution < 1.29 is 52.0 Å². The standard InChI is InChI=1S/C25H48N2O6S.C2HF3O2/c1-3-4-5-6-7-8-9-10-11-12-13-14-15-16-23(29)33-17-18-34-20-21(26)24(30)27-22(19-28)25(31)32-2;3-2(4,5)1(6)7/h21-22,28H,3-20,26H2,1-2H3,(H,27,30);(H,6,7)/t21-,22-;/m0./s1. The van der Waals surface area contributed by atoms with Crippen LogP contribution in [0.2, 0.25) is 0 Å². The van der Waals surface area contributed by atoms with E-state index in [0.29, 0.717) is 17.9 Å². The number of esters is 2. The lowest BCUT2D eigenvalue weighted by atomic mass is 10.0. The fourth-order valence-corrected chi connectivity index (χ4v) is 4.23. The number of halogens is 3. The van der Waals surface area contributed by atoms with Crippen molar-refractivity contribution in [2.45, 2.75) is 115 Å². The van der Waals surface area contributed by atoms with Gasteiger partial charge < -0.3 is 30.7 Å². The Balaban J connectivity index is 0. The van der Waals surface area contributed by atoms with Crippen molar-refractivity contribution in [3.8, 4) is 0 Å². The Morgan fingerprint density at radius 1 is 0.902 bits per heavy atom. The molecule has 0 aromatic rings. The highest BCUT2D eigenvalue weighted by Crippen LogP contribution is 2.14. The lowest BCUT2D eigenvalue weighted by Gasteiger charge is -2.17. The number of ether oxygens (including phenoxy) is 2. The molecule has 0 bridgehead atoms. The maximum atomic E-state index is 12.0. The van der Waals surface area contributed by atoms with Crippen molar-refractivity contribution in [2.24, 2.45) is 5.73 Å². The van der Waals surface area contributed by atoms with Crippen LogP contribution < -0.4 is 11.1 Å². The van der Waals surface area contributed by atoms with E-state index in [1.54, 1.807) is 0 Å². The highest BCUT2D eigenvalue weighted by Gasteiger charge is 2.38. The molecule has 0 saturated heterocycles. The first kappa shape index (κ1) is 41.1. The monoisotopic (exact) mass is 618 g/mol. The van der Waals surface area contributed by atoms with Gasteiger partial charge in [0.1, 0.15) is 6.61 Å². The number of carbonyl (C=O) groups excluding carboxylic acids is 3. The molecule has 0 unspecified atom stereocenters. The normalized spacial score (nSPS) is 12.5. The van der Waals surface area contributed by atoms with Crippen LogP contribution in [-0.4, -0.2) is 84.1 Å². The second kappa shape index (κ2) is 26.8. The summed E-state index contributed by atoms with van der Waals surface area (Å²) in [6.45, 7) is 1.96. The van der Waals surface area contributed by atoms with Crippen molar-refractivity contribution in [3.05, 3.63) is 0 Å². The Bertz CT molecular complexity index is 715. The summed E-state index contributed by atoms with van der Waals surface area (Å²) in [5.74, 6) is -3.38. The number of nitrogens with two attached hydrogens (primary N) is 1. The van der Waals surface area contributed by atoms with E-state index >= 15 is 0 Å². The molecule has 0 rings (SSSR count). The van der Waals surface area contributed by atoms with Crippen LogP contribution in [0, 0.1) is 0 Å². The van der Waals surface area contributed by atoms with Crippen LogP contribution >= 0.6 is 11.8 Å². The number of carbonyl (C=O) groups is 4. The molecule has 5 N–H and O–H groups in total.